The second-order valence-corrected chi connectivity index (χ2v) is 2.75. The van der Waals surface area contributed by atoms with Crippen LogP contribution in [0.4, 0.5) is 0 Å². The number of hydrogen-bond donors (Lipinski definition) is 1. The van der Waals surface area contributed by atoms with Crippen molar-refractivity contribution >= 4 is 17.4 Å². The minimum atomic E-state index is -0.0556. The van der Waals surface area contributed by atoms with Gasteiger partial charge in [-0.05, 0) is 19.2 Å². The van der Waals surface area contributed by atoms with Crippen LogP contribution < -0.4 is 5.32 Å². The predicted octanol–water partition coefficient (Wildman–Crippen LogP) is 1.14. The molecule has 1 rings (SSSR count). The summed E-state index contributed by atoms with van der Waals surface area (Å²) >= 11 is 5.68. The molecule has 0 aromatic carbocycles. The van der Waals surface area contributed by atoms with Gasteiger partial charge in [-0.2, -0.15) is 0 Å². The van der Waals surface area contributed by atoms with Crippen molar-refractivity contribution in [2.24, 2.45) is 0 Å². The van der Waals surface area contributed by atoms with Gasteiger partial charge in [0.1, 0.15) is 5.69 Å². The molecule has 0 aliphatic carbocycles. The molecule has 0 aliphatic heterocycles. The molecular weight excluding hydrogens is 176 g/mol. The van der Waals surface area contributed by atoms with Crippen LogP contribution in [0.1, 0.15) is 10.5 Å². The van der Waals surface area contributed by atoms with E-state index in [4.69, 9.17) is 11.6 Å². The normalized spacial score (nSPS) is 9.83. The molecule has 4 heteroatoms. The molecular formula is C8H9ClN2O. The van der Waals surface area contributed by atoms with Crippen LogP contribution in [-0.4, -0.2) is 24.4 Å². The van der Waals surface area contributed by atoms with Gasteiger partial charge in [0.25, 0.3) is 0 Å². The minimum Gasteiger partial charge on any atom is -0.313 e. The fraction of sp³-hybridized carbons (Fsp3) is 0.250. The van der Waals surface area contributed by atoms with Crippen molar-refractivity contribution < 1.29 is 4.79 Å². The highest BCUT2D eigenvalue weighted by molar-refractivity contribution is 6.30. The number of hydrogen-bond acceptors (Lipinski definition) is 3. The Bertz CT molecular complexity index is 288. The second kappa shape index (κ2) is 4.18. The molecule has 1 aromatic heterocycles. The Balaban J connectivity index is 2.81. The summed E-state index contributed by atoms with van der Waals surface area (Å²) in [5.74, 6) is -0.0556. The van der Waals surface area contributed by atoms with Gasteiger partial charge >= 0.3 is 0 Å². The van der Waals surface area contributed by atoms with E-state index in [9.17, 15) is 4.79 Å². The maximum absolute atomic E-state index is 11.2. The number of Topliss-reactive ketones (excluding diaryl/α,β-unsaturated/α-hetero) is 1. The number of likely N-dealkylation sites (N-methyl/N-ethyl adjacent to an activating group) is 1. The molecule has 0 spiro atoms. The van der Waals surface area contributed by atoms with Crippen LogP contribution in [0.5, 0.6) is 0 Å². The number of pyridine rings is 1. The number of carbonyl (C=O) groups is 1. The minimum absolute atomic E-state index is 0.0556. The quantitative estimate of drug-likeness (QED) is 0.717. The van der Waals surface area contributed by atoms with Gasteiger partial charge in [0.15, 0.2) is 5.78 Å². The first-order valence-corrected chi connectivity index (χ1v) is 3.91. The van der Waals surface area contributed by atoms with Crippen LogP contribution in [0.15, 0.2) is 18.3 Å². The van der Waals surface area contributed by atoms with Crippen LogP contribution in [0.3, 0.4) is 0 Å². The average Bonchev–Trinajstić information content (AvgIpc) is 2.05. The van der Waals surface area contributed by atoms with Crippen molar-refractivity contribution in [2.75, 3.05) is 13.6 Å². The lowest BCUT2D eigenvalue weighted by atomic mass is 10.2. The van der Waals surface area contributed by atoms with Gasteiger partial charge < -0.3 is 5.32 Å². The summed E-state index contributed by atoms with van der Waals surface area (Å²) in [6, 6.07) is 3.19. The van der Waals surface area contributed by atoms with E-state index in [2.05, 4.69) is 10.3 Å². The molecule has 0 unspecified atom stereocenters. The molecule has 0 aliphatic rings. The first-order chi connectivity index (χ1) is 5.74. The Labute approximate surface area is 75.8 Å². The number of aromatic nitrogens is 1. The van der Waals surface area contributed by atoms with E-state index in [1.807, 2.05) is 0 Å². The van der Waals surface area contributed by atoms with Gasteiger partial charge in [-0.3, -0.25) is 9.78 Å². The smallest absolute Gasteiger partial charge is 0.194 e. The van der Waals surface area contributed by atoms with Gasteiger partial charge in [-0.15, -0.1) is 0 Å². The van der Waals surface area contributed by atoms with Crippen molar-refractivity contribution in [1.29, 1.82) is 0 Å². The Morgan fingerprint density at radius 1 is 1.75 bits per heavy atom. The number of ketones is 1. The zero-order chi connectivity index (χ0) is 8.97. The van der Waals surface area contributed by atoms with E-state index in [0.717, 1.165) is 0 Å². The third-order valence-electron chi connectivity index (χ3n) is 1.35. The standard InChI is InChI=1S/C8H9ClN2O/c1-10-5-8(12)7-4-6(9)2-3-11-7/h2-4,10H,5H2,1H3. The summed E-state index contributed by atoms with van der Waals surface area (Å²) in [6.45, 7) is 0.285. The highest BCUT2D eigenvalue weighted by Gasteiger charge is 2.05. The van der Waals surface area contributed by atoms with E-state index in [1.165, 1.54) is 6.20 Å². The third kappa shape index (κ3) is 2.29. The van der Waals surface area contributed by atoms with Crippen LogP contribution in [-0.2, 0) is 0 Å². The molecule has 1 N–H and O–H groups in total. The molecule has 0 radical (unpaired) electrons. The van der Waals surface area contributed by atoms with E-state index >= 15 is 0 Å². The summed E-state index contributed by atoms with van der Waals surface area (Å²) in [7, 11) is 1.71. The zero-order valence-corrected chi connectivity index (χ0v) is 7.43. The largest absolute Gasteiger partial charge is 0.313 e. The molecule has 12 heavy (non-hydrogen) atoms. The van der Waals surface area contributed by atoms with Crippen molar-refractivity contribution in [1.82, 2.24) is 10.3 Å². The fourth-order valence-electron chi connectivity index (χ4n) is 0.808. The molecule has 1 aromatic rings. The summed E-state index contributed by atoms with van der Waals surface area (Å²) in [5, 5.41) is 3.28. The lowest BCUT2D eigenvalue weighted by Crippen LogP contribution is -2.19. The van der Waals surface area contributed by atoms with Crippen molar-refractivity contribution in [3.8, 4) is 0 Å². The Hall–Kier alpha value is -0.930. The maximum Gasteiger partial charge on any atom is 0.194 e. The van der Waals surface area contributed by atoms with E-state index < -0.39 is 0 Å². The van der Waals surface area contributed by atoms with Crippen LogP contribution in [0.25, 0.3) is 0 Å². The van der Waals surface area contributed by atoms with Crippen LogP contribution in [0, 0.1) is 0 Å². The average molecular weight is 185 g/mol. The molecule has 0 bridgehead atoms. The Morgan fingerprint density at radius 2 is 2.50 bits per heavy atom. The molecule has 1 heterocycles. The molecule has 0 saturated carbocycles. The summed E-state index contributed by atoms with van der Waals surface area (Å²) in [6.07, 6.45) is 1.52. The van der Waals surface area contributed by atoms with Crippen LogP contribution >= 0.6 is 11.6 Å². The van der Waals surface area contributed by atoms with Gasteiger partial charge in [-0.1, -0.05) is 11.6 Å². The molecule has 3 nitrogen and oxygen atoms in total. The number of nitrogens with one attached hydrogen (secondary N) is 1. The van der Waals surface area contributed by atoms with Crippen molar-refractivity contribution in [3.05, 3.63) is 29.0 Å². The fourth-order valence-corrected chi connectivity index (χ4v) is 0.968. The van der Waals surface area contributed by atoms with Gasteiger partial charge in [0.05, 0.1) is 6.54 Å². The van der Waals surface area contributed by atoms with Gasteiger partial charge in [0, 0.05) is 11.2 Å². The predicted molar refractivity (Wildman–Crippen MR) is 47.5 cm³/mol. The Morgan fingerprint density at radius 3 is 3.08 bits per heavy atom. The topological polar surface area (TPSA) is 42.0 Å². The summed E-state index contributed by atoms with van der Waals surface area (Å²) < 4.78 is 0. The van der Waals surface area contributed by atoms with E-state index in [-0.39, 0.29) is 12.3 Å². The zero-order valence-electron chi connectivity index (χ0n) is 6.67. The summed E-state index contributed by atoms with van der Waals surface area (Å²) in [5.41, 5.74) is 0.400. The number of halogens is 1. The van der Waals surface area contributed by atoms with Crippen molar-refractivity contribution in [2.45, 2.75) is 0 Å². The molecule has 64 valence electrons. The number of carbonyl (C=O) groups excluding carboxylic acids is 1. The maximum atomic E-state index is 11.2. The highest BCUT2D eigenvalue weighted by atomic mass is 35.5. The molecule has 0 amide bonds. The van der Waals surface area contributed by atoms with Crippen molar-refractivity contribution in [3.63, 3.8) is 0 Å². The third-order valence-corrected chi connectivity index (χ3v) is 1.58. The Kier molecular flexibility index (Phi) is 3.19. The first-order valence-electron chi connectivity index (χ1n) is 3.53. The molecule has 0 fully saturated rings. The van der Waals surface area contributed by atoms with Gasteiger partial charge in [-0.25, -0.2) is 0 Å². The second-order valence-electron chi connectivity index (χ2n) is 2.31. The van der Waals surface area contributed by atoms with Gasteiger partial charge in [0.2, 0.25) is 0 Å². The first kappa shape index (κ1) is 9.16. The molecule has 0 atom stereocenters. The molecule has 0 saturated heterocycles. The SMILES string of the molecule is CNCC(=O)c1cc(Cl)ccn1. The summed E-state index contributed by atoms with van der Waals surface area (Å²) in [4.78, 5) is 15.1. The highest BCUT2D eigenvalue weighted by Crippen LogP contribution is 2.07. The van der Waals surface area contributed by atoms with E-state index in [0.29, 0.717) is 10.7 Å². The number of rotatable bonds is 3. The van der Waals surface area contributed by atoms with Crippen LogP contribution in [0.2, 0.25) is 5.02 Å². The van der Waals surface area contributed by atoms with E-state index in [1.54, 1.807) is 19.2 Å². The lowest BCUT2D eigenvalue weighted by molar-refractivity contribution is 0.0989. The monoisotopic (exact) mass is 184 g/mol. The number of nitrogens with zero attached hydrogens (tertiary/aromatic N) is 1. The lowest BCUT2D eigenvalue weighted by Gasteiger charge is -1.98.